The molecule has 0 aliphatic carbocycles. The van der Waals surface area contributed by atoms with Gasteiger partial charge in [-0.05, 0) is 26.8 Å². The molecule has 0 fully saturated rings. The molecule has 0 aromatic heterocycles. The first kappa shape index (κ1) is 14.5. The summed E-state index contributed by atoms with van der Waals surface area (Å²) in [5, 5.41) is 4.23. The van der Waals surface area contributed by atoms with Gasteiger partial charge in [0.2, 0.25) is 6.79 Å². The lowest BCUT2D eigenvalue weighted by atomic mass is 10.2. The van der Waals surface area contributed by atoms with Crippen LogP contribution in [0.15, 0.2) is 17.2 Å². The number of hydrogen-bond acceptors (Lipinski definition) is 5. The van der Waals surface area contributed by atoms with Gasteiger partial charge in [-0.1, -0.05) is 11.6 Å². The Balaban J connectivity index is 2.00. The first-order chi connectivity index (χ1) is 9.35. The lowest BCUT2D eigenvalue weighted by Gasteiger charge is -2.18. The van der Waals surface area contributed by atoms with Gasteiger partial charge in [0.25, 0.3) is 0 Å². The number of hydrazone groups is 1. The van der Waals surface area contributed by atoms with E-state index in [-0.39, 0.29) is 6.79 Å². The largest absolute Gasteiger partial charge is 0.454 e. The van der Waals surface area contributed by atoms with Gasteiger partial charge in [-0.15, -0.1) is 0 Å². The van der Waals surface area contributed by atoms with Crippen molar-refractivity contribution < 1.29 is 19.0 Å². The fraction of sp³-hybridized carbons (Fsp3) is 0.385. The lowest BCUT2D eigenvalue weighted by Crippen LogP contribution is -2.29. The average Bonchev–Trinajstić information content (AvgIpc) is 2.73. The molecule has 0 radical (unpaired) electrons. The molecule has 0 atom stereocenters. The summed E-state index contributed by atoms with van der Waals surface area (Å²) in [5.41, 5.74) is 2.29. The number of rotatable bonds is 2. The fourth-order valence-electron chi connectivity index (χ4n) is 1.49. The van der Waals surface area contributed by atoms with Crippen molar-refractivity contribution in [3.63, 3.8) is 0 Å². The minimum atomic E-state index is -0.634. The Bertz CT molecular complexity index is 552. The van der Waals surface area contributed by atoms with Crippen LogP contribution in [0.25, 0.3) is 0 Å². The summed E-state index contributed by atoms with van der Waals surface area (Å²) in [7, 11) is 0. The zero-order valence-electron chi connectivity index (χ0n) is 11.4. The molecule has 0 spiro atoms. The second-order valence-corrected chi connectivity index (χ2v) is 5.51. The molecule has 1 aromatic rings. The van der Waals surface area contributed by atoms with E-state index >= 15 is 0 Å². The summed E-state index contributed by atoms with van der Waals surface area (Å²) in [4.78, 5) is 11.4. The predicted octanol–water partition coefficient (Wildman–Crippen LogP) is 2.93. The highest BCUT2D eigenvalue weighted by atomic mass is 35.5. The van der Waals surface area contributed by atoms with Gasteiger partial charge in [0.05, 0.1) is 11.2 Å². The molecule has 20 heavy (non-hydrogen) atoms. The SMILES string of the molecule is CC(C)(C)OC(=O)N/N=C/c1cc2c(cc1Cl)OCO2. The molecule has 0 unspecified atom stereocenters. The van der Waals surface area contributed by atoms with Crippen LogP contribution in [0, 0.1) is 0 Å². The van der Waals surface area contributed by atoms with Crippen molar-refractivity contribution in [2.45, 2.75) is 26.4 Å². The Morgan fingerprint density at radius 3 is 2.70 bits per heavy atom. The smallest absolute Gasteiger partial charge is 0.428 e. The van der Waals surface area contributed by atoms with E-state index in [4.69, 9.17) is 25.8 Å². The van der Waals surface area contributed by atoms with Crippen LogP contribution in [-0.2, 0) is 4.74 Å². The number of hydrogen-bond donors (Lipinski definition) is 1. The molecule has 7 heteroatoms. The minimum absolute atomic E-state index is 0.169. The molecule has 1 aromatic carbocycles. The van der Waals surface area contributed by atoms with Crippen LogP contribution in [0.1, 0.15) is 26.3 Å². The van der Waals surface area contributed by atoms with Gasteiger partial charge >= 0.3 is 6.09 Å². The van der Waals surface area contributed by atoms with Crippen LogP contribution < -0.4 is 14.9 Å². The highest BCUT2D eigenvalue weighted by molar-refractivity contribution is 6.33. The molecule has 0 bridgehead atoms. The van der Waals surface area contributed by atoms with E-state index in [9.17, 15) is 4.79 Å². The van der Waals surface area contributed by atoms with Gasteiger partial charge in [0.1, 0.15) is 5.60 Å². The maximum atomic E-state index is 11.4. The number of nitrogens with one attached hydrogen (secondary N) is 1. The quantitative estimate of drug-likeness (QED) is 0.673. The summed E-state index contributed by atoms with van der Waals surface area (Å²) in [6.45, 7) is 5.48. The molecule has 0 saturated heterocycles. The number of carbonyl (C=O) groups is 1. The van der Waals surface area contributed by atoms with Crippen LogP contribution in [0.5, 0.6) is 11.5 Å². The Labute approximate surface area is 121 Å². The molecule has 1 amide bonds. The molecule has 0 saturated carbocycles. The summed E-state index contributed by atoms with van der Waals surface area (Å²) in [6, 6.07) is 3.32. The maximum Gasteiger partial charge on any atom is 0.428 e. The van der Waals surface area contributed by atoms with E-state index in [2.05, 4.69) is 10.5 Å². The zero-order valence-corrected chi connectivity index (χ0v) is 12.2. The second kappa shape index (κ2) is 5.58. The Morgan fingerprint density at radius 2 is 2.05 bits per heavy atom. The lowest BCUT2D eigenvalue weighted by molar-refractivity contribution is 0.0529. The van der Waals surface area contributed by atoms with E-state index in [1.807, 2.05) is 0 Å². The standard InChI is InChI=1S/C13H15ClN2O4/c1-13(2,3)20-12(17)16-15-6-8-4-10-11(5-9(8)14)19-7-18-10/h4-6H,7H2,1-3H3,(H,16,17)/b15-6+. The monoisotopic (exact) mass is 298 g/mol. The van der Waals surface area contributed by atoms with E-state index in [0.29, 0.717) is 22.1 Å². The van der Waals surface area contributed by atoms with E-state index in [1.54, 1.807) is 32.9 Å². The highest BCUT2D eigenvalue weighted by Gasteiger charge is 2.17. The Kier molecular flexibility index (Phi) is 4.04. The number of nitrogens with zero attached hydrogens (tertiary/aromatic N) is 1. The Morgan fingerprint density at radius 1 is 1.40 bits per heavy atom. The number of fused-ring (bicyclic) bond motifs is 1. The van der Waals surface area contributed by atoms with Crippen molar-refractivity contribution in [1.82, 2.24) is 5.43 Å². The fourth-order valence-corrected chi connectivity index (χ4v) is 1.69. The molecule has 1 aliphatic rings. The molecule has 2 rings (SSSR count). The van der Waals surface area contributed by atoms with E-state index in [1.165, 1.54) is 6.21 Å². The third kappa shape index (κ3) is 3.77. The molecule has 6 nitrogen and oxygen atoms in total. The molecule has 1 N–H and O–H groups in total. The first-order valence-electron chi connectivity index (χ1n) is 5.96. The van der Waals surface area contributed by atoms with E-state index in [0.717, 1.165) is 0 Å². The molecule has 1 heterocycles. The van der Waals surface area contributed by atoms with Crippen molar-refractivity contribution in [2.75, 3.05) is 6.79 Å². The molecular weight excluding hydrogens is 284 g/mol. The second-order valence-electron chi connectivity index (χ2n) is 5.10. The first-order valence-corrected chi connectivity index (χ1v) is 6.34. The van der Waals surface area contributed by atoms with Crippen molar-refractivity contribution >= 4 is 23.9 Å². The maximum absolute atomic E-state index is 11.4. The normalized spacial score (nSPS) is 13.6. The van der Waals surface area contributed by atoms with Crippen LogP contribution in [0.3, 0.4) is 0 Å². The molecule has 1 aliphatic heterocycles. The third-order valence-corrected chi connectivity index (χ3v) is 2.58. The van der Waals surface area contributed by atoms with Crippen molar-refractivity contribution in [2.24, 2.45) is 5.10 Å². The van der Waals surface area contributed by atoms with Crippen LogP contribution in [0.2, 0.25) is 5.02 Å². The van der Waals surface area contributed by atoms with Gasteiger partial charge < -0.3 is 14.2 Å². The van der Waals surface area contributed by atoms with Crippen molar-refractivity contribution in [3.8, 4) is 11.5 Å². The van der Waals surface area contributed by atoms with Gasteiger partial charge in [0.15, 0.2) is 11.5 Å². The predicted molar refractivity (Wildman–Crippen MR) is 74.5 cm³/mol. The zero-order chi connectivity index (χ0) is 14.8. The highest BCUT2D eigenvalue weighted by Crippen LogP contribution is 2.36. The van der Waals surface area contributed by atoms with Crippen molar-refractivity contribution in [3.05, 3.63) is 22.7 Å². The van der Waals surface area contributed by atoms with Crippen molar-refractivity contribution in [1.29, 1.82) is 0 Å². The van der Waals surface area contributed by atoms with Gasteiger partial charge in [0, 0.05) is 11.6 Å². The molecule has 108 valence electrons. The van der Waals surface area contributed by atoms with Crippen LogP contribution in [0.4, 0.5) is 4.79 Å². The van der Waals surface area contributed by atoms with Gasteiger partial charge in [-0.3, -0.25) is 0 Å². The topological polar surface area (TPSA) is 69.2 Å². The Hall–Kier alpha value is -1.95. The minimum Gasteiger partial charge on any atom is -0.454 e. The summed E-state index contributed by atoms with van der Waals surface area (Å²) >= 11 is 6.06. The third-order valence-electron chi connectivity index (χ3n) is 2.25. The number of carbonyl (C=O) groups excluding carboxylic acids is 1. The van der Waals surface area contributed by atoms with Gasteiger partial charge in [-0.25, -0.2) is 10.2 Å². The number of ether oxygens (including phenoxy) is 3. The van der Waals surface area contributed by atoms with Crippen LogP contribution in [-0.4, -0.2) is 24.7 Å². The average molecular weight is 299 g/mol. The molecular formula is C13H15ClN2O4. The van der Waals surface area contributed by atoms with E-state index < -0.39 is 11.7 Å². The number of halogens is 1. The summed E-state index contributed by atoms with van der Waals surface area (Å²) < 4.78 is 15.5. The summed E-state index contributed by atoms with van der Waals surface area (Å²) in [6.07, 6.45) is 0.777. The van der Waals surface area contributed by atoms with Crippen LogP contribution >= 0.6 is 11.6 Å². The summed E-state index contributed by atoms with van der Waals surface area (Å²) in [5.74, 6) is 1.18. The number of benzene rings is 1. The number of amides is 1. The van der Waals surface area contributed by atoms with Gasteiger partial charge in [-0.2, -0.15) is 5.10 Å².